The van der Waals surface area contributed by atoms with Crippen LogP contribution >= 0.6 is 0 Å². The number of carbonyl (C=O) groups excluding carboxylic acids is 2. The molecule has 2 heterocycles. The molecule has 1 aromatic rings. The number of hydrogen-bond donors (Lipinski definition) is 1. The van der Waals surface area contributed by atoms with Gasteiger partial charge in [-0.15, -0.1) is 0 Å². The molecule has 3 amide bonds. The van der Waals surface area contributed by atoms with E-state index in [-0.39, 0.29) is 30.1 Å². The van der Waals surface area contributed by atoms with Gasteiger partial charge < -0.3 is 15.1 Å². The number of piperidine rings is 1. The van der Waals surface area contributed by atoms with Gasteiger partial charge >= 0.3 is 6.03 Å². The second-order valence-electron chi connectivity index (χ2n) is 6.91. The maximum absolute atomic E-state index is 12.9. The molecule has 0 spiro atoms. The molecule has 3 rings (SSSR count). The third-order valence-electron chi connectivity index (χ3n) is 5.16. The Kier molecular flexibility index (Phi) is 4.04. The fraction of sp³-hybridized carbons (Fsp3) is 0.556. The number of hydrogen-bond acceptors (Lipinski definition) is 2. The summed E-state index contributed by atoms with van der Waals surface area (Å²) in [6.07, 6.45) is 0.832. The number of carbonyl (C=O) groups is 2. The van der Waals surface area contributed by atoms with Crippen LogP contribution in [0, 0.1) is 13.8 Å². The largest absolute Gasteiger partial charge is 0.336 e. The van der Waals surface area contributed by atoms with Crippen LogP contribution in [0.1, 0.15) is 41.8 Å². The molecule has 2 atom stereocenters. The molecule has 1 N–H and O–H groups in total. The number of benzene rings is 1. The van der Waals surface area contributed by atoms with Crippen LogP contribution in [-0.2, 0) is 0 Å². The summed E-state index contributed by atoms with van der Waals surface area (Å²) in [5.41, 5.74) is 2.94. The molecule has 23 heavy (non-hydrogen) atoms. The molecule has 1 aromatic carbocycles. The molecule has 0 unspecified atom stereocenters. The summed E-state index contributed by atoms with van der Waals surface area (Å²) < 4.78 is 0. The molecule has 0 bridgehead atoms. The topological polar surface area (TPSA) is 52.7 Å². The van der Waals surface area contributed by atoms with E-state index < -0.39 is 0 Å². The summed E-state index contributed by atoms with van der Waals surface area (Å²) >= 11 is 0. The number of fused-ring (bicyclic) bond motifs is 1. The Morgan fingerprint density at radius 1 is 1.30 bits per heavy atom. The molecule has 5 nitrogen and oxygen atoms in total. The second kappa shape index (κ2) is 5.87. The number of nitrogens with zero attached hydrogens (tertiary/aromatic N) is 2. The van der Waals surface area contributed by atoms with Crippen molar-refractivity contribution in [2.24, 2.45) is 0 Å². The van der Waals surface area contributed by atoms with Crippen molar-refractivity contribution in [1.82, 2.24) is 15.1 Å². The standard InChI is InChI=1S/C18H25N3O2/c1-11(2)21-16-8-9-20(10-15(16)19-18(21)23)17(22)14-7-5-6-12(3)13(14)4/h5-7,11,15-16H,8-10H2,1-4H3,(H,19,23)/t15-,16+/m1/s1. The van der Waals surface area contributed by atoms with Gasteiger partial charge in [-0.05, 0) is 51.3 Å². The lowest BCUT2D eigenvalue weighted by atomic mass is 9.97. The third-order valence-corrected chi connectivity index (χ3v) is 5.16. The van der Waals surface area contributed by atoms with Gasteiger partial charge in [-0.3, -0.25) is 4.79 Å². The van der Waals surface area contributed by atoms with E-state index in [2.05, 4.69) is 5.32 Å². The number of rotatable bonds is 2. The number of amides is 3. The minimum atomic E-state index is -0.00367. The molecule has 2 fully saturated rings. The van der Waals surface area contributed by atoms with Gasteiger partial charge in [0.1, 0.15) is 0 Å². The number of aryl methyl sites for hydroxylation is 1. The van der Waals surface area contributed by atoms with Gasteiger partial charge in [-0.25, -0.2) is 4.79 Å². The van der Waals surface area contributed by atoms with Crippen LogP contribution in [-0.4, -0.2) is 53.0 Å². The summed E-state index contributed by atoms with van der Waals surface area (Å²) in [4.78, 5) is 28.8. The summed E-state index contributed by atoms with van der Waals surface area (Å²) in [6, 6.07) is 6.26. The van der Waals surface area contributed by atoms with Crippen LogP contribution < -0.4 is 5.32 Å². The highest BCUT2D eigenvalue weighted by Crippen LogP contribution is 2.26. The van der Waals surface area contributed by atoms with Crippen LogP contribution in [0.5, 0.6) is 0 Å². The third kappa shape index (κ3) is 2.69. The lowest BCUT2D eigenvalue weighted by molar-refractivity contribution is 0.0644. The molecule has 2 aliphatic heterocycles. The van der Waals surface area contributed by atoms with Crippen molar-refractivity contribution < 1.29 is 9.59 Å². The summed E-state index contributed by atoms with van der Waals surface area (Å²) in [5, 5.41) is 3.04. The molecular weight excluding hydrogens is 290 g/mol. The summed E-state index contributed by atoms with van der Waals surface area (Å²) in [7, 11) is 0. The number of likely N-dealkylation sites (tertiary alicyclic amines) is 1. The predicted octanol–water partition coefficient (Wildman–Crippen LogP) is 2.32. The second-order valence-corrected chi connectivity index (χ2v) is 6.91. The van der Waals surface area contributed by atoms with Crippen molar-refractivity contribution in [3.8, 4) is 0 Å². The Bertz CT molecular complexity index is 641. The van der Waals surface area contributed by atoms with Crippen LogP contribution in [0.4, 0.5) is 4.79 Å². The molecule has 0 aliphatic carbocycles. The zero-order valence-electron chi connectivity index (χ0n) is 14.3. The smallest absolute Gasteiger partial charge is 0.318 e. The molecule has 0 saturated carbocycles. The van der Waals surface area contributed by atoms with Crippen molar-refractivity contribution in [3.05, 3.63) is 34.9 Å². The Hall–Kier alpha value is -2.04. The van der Waals surface area contributed by atoms with Crippen LogP contribution in [0.15, 0.2) is 18.2 Å². The minimum Gasteiger partial charge on any atom is -0.336 e. The maximum atomic E-state index is 12.9. The van der Waals surface area contributed by atoms with Crippen molar-refractivity contribution in [1.29, 1.82) is 0 Å². The van der Waals surface area contributed by atoms with Crippen molar-refractivity contribution >= 4 is 11.9 Å². The predicted molar refractivity (Wildman–Crippen MR) is 89.5 cm³/mol. The highest BCUT2D eigenvalue weighted by Gasteiger charge is 2.44. The van der Waals surface area contributed by atoms with E-state index in [1.54, 1.807) is 0 Å². The Morgan fingerprint density at radius 3 is 2.74 bits per heavy atom. The van der Waals surface area contributed by atoms with E-state index in [4.69, 9.17) is 0 Å². The zero-order chi connectivity index (χ0) is 16.7. The molecule has 0 radical (unpaired) electrons. The van der Waals surface area contributed by atoms with Crippen LogP contribution in [0.2, 0.25) is 0 Å². The van der Waals surface area contributed by atoms with Gasteiger partial charge in [-0.2, -0.15) is 0 Å². The Labute approximate surface area is 137 Å². The first-order chi connectivity index (χ1) is 10.9. The van der Waals surface area contributed by atoms with E-state index >= 15 is 0 Å². The Balaban J connectivity index is 1.77. The molecule has 5 heteroatoms. The fourth-order valence-corrected chi connectivity index (χ4v) is 3.75. The van der Waals surface area contributed by atoms with E-state index in [0.717, 1.165) is 23.1 Å². The van der Waals surface area contributed by atoms with Gasteiger partial charge in [0.25, 0.3) is 5.91 Å². The number of urea groups is 1. The lowest BCUT2D eigenvalue weighted by Crippen LogP contribution is -2.53. The fourth-order valence-electron chi connectivity index (χ4n) is 3.75. The molecule has 124 valence electrons. The molecule has 0 aromatic heterocycles. The van der Waals surface area contributed by atoms with Crippen LogP contribution in [0.3, 0.4) is 0 Å². The molecule has 2 saturated heterocycles. The van der Waals surface area contributed by atoms with E-state index in [9.17, 15) is 9.59 Å². The van der Waals surface area contributed by atoms with Crippen molar-refractivity contribution in [3.63, 3.8) is 0 Å². The van der Waals surface area contributed by atoms with E-state index in [0.29, 0.717) is 13.1 Å². The first-order valence-corrected chi connectivity index (χ1v) is 8.34. The first kappa shape index (κ1) is 15.8. The Morgan fingerprint density at radius 2 is 2.04 bits per heavy atom. The number of nitrogens with one attached hydrogen (secondary N) is 1. The minimum absolute atomic E-state index is 0.00367. The zero-order valence-corrected chi connectivity index (χ0v) is 14.3. The maximum Gasteiger partial charge on any atom is 0.318 e. The SMILES string of the molecule is Cc1cccc(C(=O)N2CC[C@H]3[C@@H](C2)NC(=O)N3C(C)C)c1C. The van der Waals surface area contributed by atoms with Gasteiger partial charge in [0, 0.05) is 24.7 Å². The average Bonchev–Trinajstić information content (AvgIpc) is 2.84. The highest BCUT2D eigenvalue weighted by molar-refractivity contribution is 5.96. The van der Waals surface area contributed by atoms with E-state index in [1.807, 2.05) is 55.7 Å². The van der Waals surface area contributed by atoms with Crippen molar-refractivity contribution in [2.75, 3.05) is 13.1 Å². The lowest BCUT2D eigenvalue weighted by Gasteiger charge is -2.38. The average molecular weight is 315 g/mol. The van der Waals surface area contributed by atoms with Gasteiger partial charge in [-0.1, -0.05) is 12.1 Å². The first-order valence-electron chi connectivity index (χ1n) is 8.34. The summed E-state index contributed by atoms with van der Waals surface area (Å²) in [6.45, 7) is 9.38. The quantitative estimate of drug-likeness (QED) is 0.910. The monoisotopic (exact) mass is 315 g/mol. The molecular formula is C18H25N3O2. The van der Waals surface area contributed by atoms with E-state index in [1.165, 1.54) is 0 Å². The highest BCUT2D eigenvalue weighted by atomic mass is 16.2. The summed E-state index contributed by atoms with van der Waals surface area (Å²) in [5.74, 6) is 0.0712. The van der Waals surface area contributed by atoms with Crippen molar-refractivity contribution in [2.45, 2.75) is 52.2 Å². The van der Waals surface area contributed by atoms with Gasteiger partial charge in [0.2, 0.25) is 0 Å². The van der Waals surface area contributed by atoms with Crippen LogP contribution in [0.25, 0.3) is 0 Å². The van der Waals surface area contributed by atoms with Gasteiger partial charge in [0.15, 0.2) is 0 Å². The van der Waals surface area contributed by atoms with Gasteiger partial charge in [0.05, 0.1) is 12.1 Å². The normalized spacial score (nSPS) is 24.0. The molecule has 2 aliphatic rings.